The van der Waals surface area contributed by atoms with Crippen molar-refractivity contribution in [3.63, 3.8) is 0 Å². The summed E-state index contributed by atoms with van der Waals surface area (Å²) in [5.74, 6) is -1.35. The third-order valence-corrected chi connectivity index (χ3v) is 4.50. The second kappa shape index (κ2) is 5.30. The SMILES string of the molecule is N#CC1(C#N)[C@@H](C(=O)c2ccccc2)[C@@H]1c1ccccc1Cl. The zero-order chi connectivity index (χ0) is 15.7. The summed E-state index contributed by atoms with van der Waals surface area (Å²) in [5.41, 5.74) is -0.142. The molecule has 1 aliphatic carbocycles. The largest absolute Gasteiger partial charge is 0.294 e. The van der Waals surface area contributed by atoms with Gasteiger partial charge in [-0.3, -0.25) is 4.79 Å². The van der Waals surface area contributed by atoms with Crippen molar-refractivity contribution in [3.05, 3.63) is 70.7 Å². The highest BCUT2D eigenvalue weighted by atomic mass is 35.5. The van der Waals surface area contributed by atoms with E-state index in [0.29, 0.717) is 16.1 Å². The fourth-order valence-electron chi connectivity index (χ4n) is 2.98. The Hall–Kier alpha value is -2.62. The van der Waals surface area contributed by atoms with Crippen LogP contribution in [0.4, 0.5) is 0 Å². The molecule has 22 heavy (non-hydrogen) atoms. The van der Waals surface area contributed by atoms with Crippen molar-refractivity contribution in [2.24, 2.45) is 11.3 Å². The van der Waals surface area contributed by atoms with Crippen LogP contribution in [0.15, 0.2) is 54.6 Å². The van der Waals surface area contributed by atoms with Crippen molar-refractivity contribution in [2.75, 3.05) is 0 Å². The van der Waals surface area contributed by atoms with Gasteiger partial charge in [-0.25, -0.2) is 0 Å². The lowest BCUT2D eigenvalue weighted by Crippen LogP contribution is -2.08. The molecule has 2 aromatic rings. The molecule has 0 unspecified atom stereocenters. The number of nitrogens with zero attached hydrogens (tertiary/aromatic N) is 2. The molecule has 4 heteroatoms. The summed E-state index contributed by atoms with van der Waals surface area (Å²) in [4.78, 5) is 12.7. The van der Waals surface area contributed by atoms with E-state index >= 15 is 0 Å². The van der Waals surface area contributed by atoms with Crippen LogP contribution >= 0.6 is 11.6 Å². The summed E-state index contributed by atoms with van der Waals surface area (Å²) >= 11 is 6.19. The lowest BCUT2D eigenvalue weighted by Gasteiger charge is -2.02. The maximum Gasteiger partial charge on any atom is 0.169 e. The summed E-state index contributed by atoms with van der Waals surface area (Å²) in [7, 11) is 0. The molecule has 2 aromatic carbocycles. The van der Waals surface area contributed by atoms with Crippen LogP contribution < -0.4 is 0 Å². The van der Waals surface area contributed by atoms with Crippen molar-refractivity contribution in [1.82, 2.24) is 0 Å². The summed E-state index contributed by atoms with van der Waals surface area (Å²) < 4.78 is 0. The van der Waals surface area contributed by atoms with Crippen LogP contribution in [0.3, 0.4) is 0 Å². The Labute approximate surface area is 133 Å². The number of benzene rings is 2. The van der Waals surface area contributed by atoms with Gasteiger partial charge in [0.05, 0.1) is 18.1 Å². The van der Waals surface area contributed by atoms with E-state index in [0.717, 1.165) is 0 Å². The maximum atomic E-state index is 12.7. The fourth-order valence-corrected chi connectivity index (χ4v) is 3.24. The van der Waals surface area contributed by atoms with Crippen LogP contribution in [0, 0.1) is 34.0 Å². The Morgan fingerprint density at radius 1 is 1.00 bits per heavy atom. The highest BCUT2D eigenvalue weighted by Crippen LogP contribution is 2.66. The van der Waals surface area contributed by atoms with Gasteiger partial charge in [0.2, 0.25) is 0 Å². The van der Waals surface area contributed by atoms with Gasteiger partial charge in [-0.05, 0) is 11.6 Å². The monoisotopic (exact) mass is 306 g/mol. The Morgan fingerprint density at radius 2 is 1.59 bits per heavy atom. The molecule has 1 saturated carbocycles. The molecule has 3 nitrogen and oxygen atoms in total. The van der Waals surface area contributed by atoms with Gasteiger partial charge in [-0.2, -0.15) is 10.5 Å². The normalized spacial score (nSPS) is 21.4. The number of Topliss-reactive ketones (excluding diaryl/α,β-unsaturated/α-hetero) is 1. The molecule has 0 saturated heterocycles. The van der Waals surface area contributed by atoms with E-state index in [9.17, 15) is 15.3 Å². The van der Waals surface area contributed by atoms with Gasteiger partial charge in [0.15, 0.2) is 11.2 Å². The molecule has 0 aliphatic heterocycles. The zero-order valence-electron chi connectivity index (χ0n) is 11.5. The molecule has 0 bridgehead atoms. The second-order valence-electron chi connectivity index (χ2n) is 5.30. The first-order chi connectivity index (χ1) is 10.7. The summed E-state index contributed by atoms with van der Waals surface area (Å²) in [6.07, 6.45) is 0. The summed E-state index contributed by atoms with van der Waals surface area (Å²) in [6.45, 7) is 0. The fraction of sp³-hybridized carbons (Fsp3) is 0.167. The Balaban J connectivity index is 2.05. The van der Waals surface area contributed by atoms with Crippen molar-refractivity contribution < 1.29 is 4.79 Å². The maximum absolute atomic E-state index is 12.7. The van der Waals surface area contributed by atoms with E-state index in [2.05, 4.69) is 0 Å². The molecule has 2 atom stereocenters. The zero-order valence-corrected chi connectivity index (χ0v) is 12.3. The molecule has 0 spiro atoms. The number of halogens is 1. The number of nitriles is 2. The molecule has 0 amide bonds. The molecule has 1 fully saturated rings. The average Bonchev–Trinajstić information content (AvgIpc) is 3.24. The average molecular weight is 307 g/mol. The van der Waals surface area contributed by atoms with Gasteiger partial charge in [0.25, 0.3) is 0 Å². The first-order valence-corrected chi connectivity index (χ1v) is 7.19. The van der Waals surface area contributed by atoms with E-state index in [1.54, 1.807) is 48.5 Å². The molecule has 0 radical (unpaired) electrons. The van der Waals surface area contributed by atoms with E-state index in [-0.39, 0.29) is 5.78 Å². The first-order valence-electron chi connectivity index (χ1n) is 6.82. The van der Waals surface area contributed by atoms with Gasteiger partial charge < -0.3 is 0 Å². The van der Waals surface area contributed by atoms with Gasteiger partial charge in [0.1, 0.15) is 0 Å². The minimum absolute atomic E-state index is 0.186. The molecule has 3 rings (SSSR count). The van der Waals surface area contributed by atoms with Crippen LogP contribution in [0.5, 0.6) is 0 Å². The first kappa shape index (κ1) is 14.3. The van der Waals surface area contributed by atoms with Crippen LogP contribution in [0.2, 0.25) is 5.02 Å². The Kier molecular flexibility index (Phi) is 3.45. The highest BCUT2D eigenvalue weighted by molar-refractivity contribution is 6.31. The number of hydrogen-bond acceptors (Lipinski definition) is 3. The summed E-state index contributed by atoms with van der Waals surface area (Å²) in [5, 5.41) is 19.4. The highest BCUT2D eigenvalue weighted by Gasteiger charge is 2.71. The quantitative estimate of drug-likeness (QED) is 0.806. The molecule has 106 valence electrons. The second-order valence-corrected chi connectivity index (χ2v) is 5.71. The van der Waals surface area contributed by atoms with E-state index in [4.69, 9.17) is 11.6 Å². The minimum Gasteiger partial charge on any atom is -0.294 e. The number of rotatable bonds is 3. The summed E-state index contributed by atoms with van der Waals surface area (Å²) in [6, 6.07) is 19.9. The van der Waals surface area contributed by atoms with E-state index in [1.165, 1.54) is 0 Å². The molecule has 0 heterocycles. The molecule has 1 aliphatic rings. The number of carbonyl (C=O) groups excluding carboxylic acids is 1. The van der Waals surface area contributed by atoms with E-state index < -0.39 is 17.3 Å². The predicted molar refractivity (Wildman–Crippen MR) is 82.1 cm³/mol. The van der Waals surface area contributed by atoms with Gasteiger partial charge in [0, 0.05) is 16.5 Å². The number of carbonyl (C=O) groups is 1. The third-order valence-electron chi connectivity index (χ3n) is 4.16. The molecule has 0 N–H and O–H groups in total. The molecular weight excluding hydrogens is 296 g/mol. The Morgan fingerprint density at radius 3 is 2.18 bits per heavy atom. The lowest BCUT2D eigenvalue weighted by molar-refractivity contribution is 0.0958. The van der Waals surface area contributed by atoms with Crippen molar-refractivity contribution >= 4 is 17.4 Å². The van der Waals surface area contributed by atoms with Gasteiger partial charge >= 0.3 is 0 Å². The molecular formula is C18H11ClN2O. The van der Waals surface area contributed by atoms with Gasteiger partial charge in [-0.15, -0.1) is 0 Å². The van der Waals surface area contributed by atoms with Crippen molar-refractivity contribution in [2.45, 2.75) is 5.92 Å². The number of hydrogen-bond donors (Lipinski definition) is 0. The van der Waals surface area contributed by atoms with E-state index in [1.807, 2.05) is 18.2 Å². The van der Waals surface area contributed by atoms with Crippen LogP contribution in [0.25, 0.3) is 0 Å². The lowest BCUT2D eigenvalue weighted by atomic mass is 10.0. The number of ketones is 1. The van der Waals surface area contributed by atoms with Crippen LogP contribution in [-0.2, 0) is 0 Å². The smallest absolute Gasteiger partial charge is 0.169 e. The van der Waals surface area contributed by atoms with Crippen LogP contribution in [0.1, 0.15) is 21.8 Å². The van der Waals surface area contributed by atoms with Gasteiger partial charge in [-0.1, -0.05) is 60.1 Å². The Bertz CT molecular complexity index is 803. The van der Waals surface area contributed by atoms with Crippen molar-refractivity contribution in [1.29, 1.82) is 10.5 Å². The third kappa shape index (κ3) is 1.99. The minimum atomic E-state index is -1.34. The van der Waals surface area contributed by atoms with Crippen molar-refractivity contribution in [3.8, 4) is 12.1 Å². The predicted octanol–water partition coefficient (Wildman–Crippen LogP) is 3.97. The molecule has 0 aromatic heterocycles. The standard InChI is InChI=1S/C18H11ClN2O/c19-14-9-5-4-8-13(14)15-16(18(15,10-20)11-21)17(22)12-6-2-1-3-7-12/h1-9,15-16H/t15-,16+/m0/s1. The van der Waals surface area contributed by atoms with Crippen LogP contribution in [-0.4, -0.2) is 5.78 Å². The topological polar surface area (TPSA) is 64.7 Å².